The molecule has 2 aromatic carbocycles. The van der Waals surface area contributed by atoms with Crippen molar-refractivity contribution in [1.29, 1.82) is 0 Å². The minimum absolute atomic E-state index is 0.0324. The summed E-state index contributed by atoms with van der Waals surface area (Å²) in [6, 6.07) is 15.2. The van der Waals surface area contributed by atoms with Crippen LogP contribution in [-0.2, 0) is 0 Å². The fourth-order valence-corrected chi connectivity index (χ4v) is 2.72. The van der Waals surface area contributed by atoms with E-state index in [0.29, 0.717) is 22.2 Å². The molecule has 1 amide bonds. The molecule has 0 saturated carbocycles. The smallest absolute Gasteiger partial charge is 0.356 e. The van der Waals surface area contributed by atoms with Gasteiger partial charge in [0.1, 0.15) is 0 Å². The first kappa shape index (κ1) is 18.5. The molecular weight excluding hydrogens is 368 g/mol. The normalized spacial score (nSPS) is 10.5. The number of carbonyl (C=O) groups is 2. The van der Waals surface area contributed by atoms with Crippen LogP contribution in [-0.4, -0.2) is 40.6 Å². The number of imidazole rings is 1. The summed E-state index contributed by atoms with van der Waals surface area (Å²) in [5.74, 6) is -1.33. The number of rotatable bonds is 5. The van der Waals surface area contributed by atoms with E-state index < -0.39 is 11.9 Å². The third-order valence-electron chi connectivity index (χ3n) is 3.82. The van der Waals surface area contributed by atoms with E-state index in [2.05, 4.69) is 10.3 Å². The summed E-state index contributed by atoms with van der Waals surface area (Å²) in [5, 5.41) is 12.9. The second-order valence-electron chi connectivity index (χ2n) is 5.94. The van der Waals surface area contributed by atoms with Crippen LogP contribution in [0, 0.1) is 0 Å². The predicted molar refractivity (Wildman–Crippen MR) is 104 cm³/mol. The number of aromatic carboxylic acids is 1. The fraction of sp³-hybridized carbons (Fsp3) is 0.105. The van der Waals surface area contributed by atoms with Crippen molar-refractivity contribution in [1.82, 2.24) is 9.55 Å². The van der Waals surface area contributed by atoms with Crippen LogP contribution in [0.4, 0.5) is 11.8 Å². The van der Waals surface area contributed by atoms with Crippen LogP contribution in [0.3, 0.4) is 0 Å². The maximum Gasteiger partial charge on any atom is 0.356 e. The number of hydrogen-bond acceptors (Lipinski definition) is 4. The van der Waals surface area contributed by atoms with Crippen molar-refractivity contribution >= 4 is 35.2 Å². The van der Waals surface area contributed by atoms with Gasteiger partial charge in [0.05, 0.1) is 0 Å². The van der Waals surface area contributed by atoms with E-state index in [1.54, 1.807) is 67.5 Å². The number of hydrogen-bond donors (Lipinski definition) is 2. The van der Waals surface area contributed by atoms with Crippen LogP contribution in [0.15, 0.2) is 54.6 Å². The van der Waals surface area contributed by atoms with Gasteiger partial charge in [-0.3, -0.25) is 9.36 Å². The minimum Gasteiger partial charge on any atom is -0.476 e. The summed E-state index contributed by atoms with van der Waals surface area (Å²) in [6.45, 7) is 0. The molecular formula is C19H17ClN4O3. The Balaban J connectivity index is 2.09. The third kappa shape index (κ3) is 3.78. The number of nitrogens with zero attached hydrogens (tertiary/aromatic N) is 3. The average molecular weight is 385 g/mol. The van der Waals surface area contributed by atoms with E-state index in [4.69, 9.17) is 11.6 Å². The molecule has 1 aromatic heterocycles. The number of anilines is 2. The van der Waals surface area contributed by atoms with Gasteiger partial charge >= 0.3 is 5.97 Å². The first-order valence-electron chi connectivity index (χ1n) is 8.04. The molecule has 3 aromatic rings. The number of carboxylic acids is 1. The molecule has 0 fully saturated rings. The maximum atomic E-state index is 12.5. The second kappa shape index (κ2) is 7.51. The van der Waals surface area contributed by atoms with Crippen molar-refractivity contribution in [2.75, 3.05) is 24.3 Å². The number of amides is 1. The summed E-state index contributed by atoms with van der Waals surface area (Å²) in [6.07, 6.45) is 0. The summed E-state index contributed by atoms with van der Waals surface area (Å²) in [5.41, 5.74) is 0.835. The highest BCUT2D eigenvalue weighted by Crippen LogP contribution is 2.27. The molecule has 0 aliphatic rings. The minimum atomic E-state index is -1.20. The quantitative estimate of drug-likeness (QED) is 0.702. The molecule has 138 valence electrons. The number of para-hydroxylation sites is 1. The van der Waals surface area contributed by atoms with Crippen molar-refractivity contribution in [3.8, 4) is 5.69 Å². The van der Waals surface area contributed by atoms with Crippen LogP contribution < -0.4 is 10.2 Å². The molecule has 2 N–H and O–H groups in total. The Morgan fingerprint density at radius 3 is 2.26 bits per heavy atom. The van der Waals surface area contributed by atoms with Gasteiger partial charge < -0.3 is 15.3 Å². The zero-order valence-electron chi connectivity index (χ0n) is 14.7. The van der Waals surface area contributed by atoms with Gasteiger partial charge in [0, 0.05) is 30.4 Å². The van der Waals surface area contributed by atoms with E-state index in [-0.39, 0.29) is 11.5 Å². The maximum absolute atomic E-state index is 12.5. The monoisotopic (exact) mass is 384 g/mol. The van der Waals surface area contributed by atoms with Crippen LogP contribution in [0.2, 0.25) is 5.02 Å². The van der Waals surface area contributed by atoms with Crippen molar-refractivity contribution in [2.45, 2.75) is 0 Å². The Morgan fingerprint density at radius 1 is 1.07 bits per heavy atom. The van der Waals surface area contributed by atoms with Crippen LogP contribution in [0.25, 0.3) is 5.69 Å². The van der Waals surface area contributed by atoms with E-state index in [1.165, 1.54) is 4.57 Å². The van der Waals surface area contributed by atoms with Gasteiger partial charge in [-0.05, 0) is 36.4 Å². The van der Waals surface area contributed by atoms with Crippen LogP contribution >= 0.6 is 11.6 Å². The summed E-state index contributed by atoms with van der Waals surface area (Å²) in [7, 11) is 3.50. The standard InChI is InChI=1S/C19H17ClN4O3/c1-23(2)19-22-16(21-17(25)12-8-10-13(20)11-9-12)15(18(26)27)24(19)14-6-4-3-5-7-14/h3-11H,1-2H3,(H,21,25)(H,26,27). The summed E-state index contributed by atoms with van der Waals surface area (Å²) in [4.78, 5) is 30.5. The van der Waals surface area contributed by atoms with Crippen molar-refractivity contribution in [3.05, 3.63) is 70.9 Å². The lowest BCUT2D eigenvalue weighted by molar-refractivity contribution is 0.0689. The molecule has 1 heterocycles. The lowest BCUT2D eigenvalue weighted by Crippen LogP contribution is -2.17. The zero-order valence-corrected chi connectivity index (χ0v) is 15.4. The first-order chi connectivity index (χ1) is 12.9. The van der Waals surface area contributed by atoms with Gasteiger partial charge in [0.25, 0.3) is 5.91 Å². The van der Waals surface area contributed by atoms with Crippen molar-refractivity contribution in [2.24, 2.45) is 0 Å². The number of aromatic nitrogens is 2. The average Bonchev–Trinajstić information content (AvgIpc) is 3.02. The number of halogens is 1. The predicted octanol–water partition coefficient (Wildman–Crippen LogP) is 3.54. The Morgan fingerprint density at radius 2 is 1.70 bits per heavy atom. The summed E-state index contributed by atoms with van der Waals surface area (Å²) >= 11 is 5.84. The van der Waals surface area contributed by atoms with E-state index >= 15 is 0 Å². The molecule has 3 rings (SSSR count). The lowest BCUT2D eigenvalue weighted by Gasteiger charge is -2.15. The fourth-order valence-electron chi connectivity index (χ4n) is 2.60. The molecule has 0 radical (unpaired) electrons. The topological polar surface area (TPSA) is 87.5 Å². The van der Waals surface area contributed by atoms with Crippen LogP contribution in [0.1, 0.15) is 20.8 Å². The van der Waals surface area contributed by atoms with Crippen molar-refractivity contribution < 1.29 is 14.7 Å². The molecule has 0 unspecified atom stereocenters. The molecule has 8 heteroatoms. The number of benzene rings is 2. The lowest BCUT2D eigenvalue weighted by atomic mass is 10.2. The third-order valence-corrected chi connectivity index (χ3v) is 4.07. The largest absolute Gasteiger partial charge is 0.476 e. The van der Waals surface area contributed by atoms with Gasteiger partial charge in [-0.15, -0.1) is 0 Å². The highest BCUT2D eigenvalue weighted by atomic mass is 35.5. The Hall–Kier alpha value is -3.32. The Bertz CT molecular complexity index is 982. The number of carbonyl (C=O) groups excluding carboxylic acids is 1. The zero-order chi connectivity index (χ0) is 19.6. The van der Waals surface area contributed by atoms with Gasteiger partial charge in [0.15, 0.2) is 11.5 Å². The highest BCUT2D eigenvalue weighted by Gasteiger charge is 2.26. The van der Waals surface area contributed by atoms with E-state index in [1.807, 2.05) is 6.07 Å². The van der Waals surface area contributed by atoms with Gasteiger partial charge in [-0.2, -0.15) is 4.98 Å². The molecule has 0 aliphatic heterocycles. The SMILES string of the molecule is CN(C)c1nc(NC(=O)c2ccc(Cl)cc2)c(C(=O)O)n1-c1ccccc1. The Kier molecular flexibility index (Phi) is 5.14. The van der Waals surface area contributed by atoms with Gasteiger partial charge in [-0.1, -0.05) is 29.8 Å². The number of nitrogens with one attached hydrogen (secondary N) is 1. The van der Waals surface area contributed by atoms with Crippen molar-refractivity contribution in [3.63, 3.8) is 0 Å². The summed E-state index contributed by atoms with van der Waals surface area (Å²) < 4.78 is 1.49. The van der Waals surface area contributed by atoms with Crippen LogP contribution in [0.5, 0.6) is 0 Å². The molecule has 0 aliphatic carbocycles. The van der Waals surface area contributed by atoms with Gasteiger partial charge in [0.2, 0.25) is 5.95 Å². The molecule has 0 spiro atoms. The Labute approximate surface area is 160 Å². The molecule has 0 saturated heterocycles. The van der Waals surface area contributed by atoms with Gasteiger partial charge in [-0.25, -0.2) is 4.79 Å². The molecule has 27 heavy (non-hydrogen) atoms. The number of carboxylic acid groups (broad SMARTS) is 1. The molecule has 7 nitrogen and oxygen atoms in total. The van der Waals surface area contributed by atoms with E-state index in [0.717, 1.165) is 0 Å². The highest BCUT2D eigenvalue weighted by molar-refractivity contribution is 6.30. The second-order valence-corrected chi connectivity index (χ2v) is 6.38. The molecule has 0 bridgehead atoms. The first-order valence-corrected chi connectivity index (χ1v) is 8.42. The van der Waals surface area contributed by atoms with E-state index in [9.17, 15) is 14.7 Å². The molecule has 0 atom stereocenters.